The first-order valence-electron chi connectivity index (χ1n) is 3.49. The fourth-order valence-electron chi connectivity index (χ4n) is 1.13. The van der Waals surface area contributed by atoms with Gasteiger partial charge in [-0.1, -0.05) is 11.6 Å². The van der Waals surface area contributed by atoms with Gasteiger partial charge in [-0.3, -0.25) is 0 Å². The minimum atomic E-state index is 0.654. The molecule has 2 N–H and O–H groups in total. The van der Waals surface area contributed by atoms with E-state index in [-0.39, 0.29) is 0 Å². The van der Waals surface area contributed by atoms with Gasteiger partial charge in [0.2, 0.25) is 0 Å². The summed E-state index contributed by atoms with van der Waals surface area (Å²) in [4.78, 5) is 4.29. The van der Waals surface area contributed by atoms with Crippen LogP contribution in [0.15, 0.2) is 12.1 Å². The topological polar surface area (TPSA) is 38.9 Å². The number of nitrogens with two attached hydrogens (primary N) is 1. The van der Waals surface area contributed by atoms with Crippen molar-refractivity contribution in [1.82, 2.24) is 4.98 Å². The van der Waals surface area contributed by atoms with Crippen LogP contribution in [-0.4, -0.2) is 4.98 Å². The molecule has 1 aromatic heterocycles. The van der Waals surface area contributed by atoms with Gasteiger partial charge in [0.15, 0.2) is 0 Å². The third kappa shape index (κ3) is 1.15. The standard InChI is InChI=1S/C8H7ClN2S/c1-4-11-8-6(10)2-5(9)3-7(8)12-4/h2-3H,10H2,1H3. The maximum atomic E-state index is 5.83. The number of nitrogen functional groups attached to an aromatic ring is 1. The van der Waals surface area contributed by atoms with Crippen molar-refractivity contribution >= 4 is 38.8 Å². The number of nitrogens with zero attached hydrogens (tertiary/aromatic N) is 1. The van der Waals surface area contributed by atoms with E-state index in [9.17, 15) is 0 Å². The molecule has 0 spiro atoms. The van der Waals surface area contributed by atoms with Crippen LogP contribution in [0.25, 0.3) is 10.2 Å². The van der Waals surface area contributed by atoms with E-state index < -0.39 is 0 Å². The molecule has 0 atom stereocenters. The first-order valence-corrected chi connectivity index (χ1v) is 4.68. The van der Waals surface area contributed by atoms with Crippen LogP contribution in [0.3, 0.4) is 0 Å². The van der Waals surface area contributed by atoms with E-state index in [4.69, 9.17) is 17.3 Å². The molecule has 2 rings (SSSR count). The fraction of sp³-hybridized carbons (Fsp3) is 0.125. The second-order valence-corrected chi connectivity index (χ2v) is 4.25. The Balaban J connectivity index is 2.88. The van der Waals surface area contributed by atoms with Crippen molar-refractivity contribution in [2.24, 2.45) is 0 Å². The number of hydrogen-bond acceptors (Lipinski definition) is 3. The molecular weight excluding hydrogens is 192 g/mol. The van der Waals surface area contributed by atoms with E-state index >= 15 is 0 Å². The van der Waals surface area contributed by atoms with E-state index in [1.807, 2.05) is 13.0 Å². The monoisotopic (exact) mass is 198 g/mol. The molecule has 62 valence electrons. The summed E-state index contributed by atoms with van der Waals surface area (Å²) in [6.07, 6.45) is 0. The predicted octanol–water partition coefficient (Wildman–Crippen LogP) is 2.84. The Morgan fingerprint density at radius 3 is 3.00 bits per heavy atom. The summed E-state index contributed by atoms with van der Waals surface area (Å²) in [5.74, 6) is 0. The molecule has 12 heavy (non-hydrogen) atoms. The van der Waals surface area contributed by atoms with E-state index in [1.54, 1.807) is 17.4 Å². The van der Waals surface area contributed by atoms with Crippen molar-refractivity contribution in [2.75, 3.05) is 5.73 Å². The van der Waals surface area contributed by atoms with Gasteiger partial charge in [0, 0.05) is 5.02 Å². The van der Waals surface area contributed by atoms with Crippen molar-refractivity contribution in [1.29, 1.82) is 0 Å². The highest BCUT2D eigenvalue weighted by atomic mass is 35.5. The Morgan fingerprint density at radius 1 is 1.50 bits per heavy atom. The second-order valence-electron chi connectivity index (χ2n) is 2.57. The third-order valence-corrected chi connectivity index (χ3v) is 2.73. The summed E-state index contributed by atoms with van der Waals surface area (Å²) in [7, 11) is 0. The van der Waals surface area contributed by atoms with Crippen molar-refractivity contribution < 1.29 is 0 Å². The number of aromatic nitrogens is 1. The van der Waals surface area contributed by atoms with Crippen molar-refractivity contribution in [3.05, 3.63) is 22.2 Å². The molecule has 2 nitrogen and oxygen atoms in total. The molecule has 0 fully saturated rings. The molecule has 0 unspecified atom stereocenters. The van der Waals surface area contributed by atoms with Crippen LogP contribution in [0, 0.1) is 6.92 Å². The quantitative estimate of drug-likeness (QED) is 0.662. The van der Waals surface area contributed by atoms with Crippen molar-refractivity contribution in [3.63, 3.8) is 0 Å². The second kappa shape index (κ2) is 2.61. The summed E-state index contributed by atoms with van der Waals surface area (Å²) in [6, 6.07) is 3.61. The summed E-state index contributed by atoms with van der Waals surface area (Å²) < 4.78 is 1.05. The lowest BCUT2D eigenvalue weighted by atomic mass is 10.3. The molecule has 1 heterocycles. The molecule has 0 radical (unpaired) electrons. The fourth-order valence-corrected chi connectivity index (χ4v) is 2.32. The maximum absolute atomic E-state index is 5.83. The van der Waals surface area contributed by atoms with E-state index in [1.165, 1.54) is 0 Å². The highest BCUT2D eigenvalue weighted by Crippen LogP contribution is 2.29. The van der Waals surface area contributed by atoms with Gasteiger partial charge in [0.25, 0.3) is 0 Å². The van der Waals surface area contributed by atoms with Gasteiger partial charge in [-0.25, -0.2) is 4.98 Å². The Labute approximate surface area is 79.0 Å². The Morgan fingerprint density at radius 2 is 2.25 bits per heavy atom. The maximum Gasteiger partial charge on any atom is 0.104 e. The first kappa shape index (κ1) is 7.83. The predicted molar refractivity (Wildman–Crippen MR) is 53.8 cm³/mol. The van der Waals surface area contributed by atoms with Crippen LogP contribution >= 0.6 is 22.9 Å². The van der Waals surface area contributed by atoms with Gasteiger partial charge in [-0.2, -0.15) is 0 Å². The van der Waals surface area contributed by atoms with Gasteiger partial charge in [-0.05, 0) is 19.1 Å². The zero-order valence-corrected chi connectivity index (χ0v) is 8.04. The highest BCUT2D eigenvalue weighted by molar-refractivity contribution is 7.18. The number of fused-ring (bicyclic) bond motifs is 1. The molecule has 0 aliphatic heterocycles. The van der Waals surface area contributed by atoms with Crippen molar-refractivity contribution in [2.45, 2.75) is 6.92 Å². The number of anilines is 1. The molecule has 1 aromatic carbocycles. The zero-order chi connectivity index (χ0) is 8.72. The number of hydrogen-bond donors (Lipinski definition) is 1. The van der Waals surface area contributed by atoms with Gasteiger partial charge in [-0.15, -0.1) is 11.3 Å². The van der Waals surface area contributed by atoms with Gasteiger partial charge in [0.1, 0.15) is 5.52 Å². The van der Waals surface area contributed by atoms with Crippen LogP contribution in [0.5, 0.6) is 0 Å². The van der Waals surface area contributed by atoms with E-state index in [2.05, 4.69) is 4.98 Å². The lowest BCUT2D eigenvalue weighted by Crippen LogP contribution is -1.85. The van der Waals surface area contributed by atoms with Gasteiger partial charge < -0.3 is 5.73 Å². The van der Waals surface area contributed by atoms with E-state index in [0.717, 1.165) is 15.2 Å². The molecule has 4 heteroatoms. The Kier molecular flexibility index (Phi) is 1.70. The normalized spacial score (nSPS) is 10.8. The zero-order valence-electron chi connectivity index (χ0n) is 6.47. The Hall–Kier alpha value is -0.800. The van der Waals surface area contributed by atoms with Gasteiger partial charge in [0.05, 0.1) is 15.4 Å². The van der Waals surface area contributed by atoms with Gasteiger partial charge >= 0.3 is 0 Å². The minimum Gasteiger partial charge on any atom is -0.397 e. The van der Waals surface area contributed by atoms with Crippen molar-refractivity contribution in [3.8, 4) is 0 Å². The molecule has 0 saturated heterocycles. The lowest BCUT2D eigenvalue weighted by Gasteiger charge is -1.94. The van der Waals surface area contributed by atoms with Crippen LogP contribution in [0.2, 0.25) is 5.02 Å². The Bertz CT molecular complexity index is 436. The van der Waals surface area contributed by atoms with E-state index in [0.29, 0.717) is 10.7 Å². The molecular formula is C8H7ClN2S. The van der Waals surface area contributed by atoms with Crippen LogP contribution in [0.1, 0.15) is 5.01 Å². The summed E-state index contributed by atoms with van der Waals surface area (Å²) in [6.45, 7) is 1.96. The number of thiazole rings is 1. The number of halogens is 1. The highest BCUT2D eigenvalue weighted by Gasteiger charge is 2.04. The minimum absolute atomic E-state index is 0.654. The molecule has 0 bridgehead atoms. The average molecular weight is 199 g/mol. The largest absolute Gasteiger partial charge is 0.397 e. The number of benzene rings is 1. The third-order valence-electron chi connectivity index (χ3n) is 1.60. The molecule has 0 aliphatic rings. The summed E-state index contributed by atoms with van der Waals surface area (Å²) >= 11 is 7.44. The molecule has 0 saturated carbocycles. The number of rotatable bonds is 0. The molecule has 0 amide bonds. The molecule has 0 aliphatic carbocycles. The summed E-state index contributed by atoms with van der Waals surface area (Å²) in [5.41, 5.74) is 7.25. The van der Waals surface area contributed by atoms with Crippen LogP contribution in [0.4, 0.5) is 5.69 Å². The average Bonchev–Trinajstić information content (AvgIpc) is 2.29. The smallest absolute Gasteiger partial charge is 0.104 e. The number of aryl methyl sites for hydroxylation is 1. The lowest BCUT2D eigenvalue weighted by molar-refractivity contribution is 1.35. The first-order chi connectivity index (χ1) is 5.66. The van der Waals surface area contributed by atoms with Crippen LogP contribution < -0.4 is 5.73 Å². The SMILES string of the molecule is Cc1nc2c(N)cc(Cl)cc2s1. The summed E-state index contributed by atoms with van der Waals surface area (Å²) in [5, 5.41) is 1.68. The molecule has 2 aromatic rings. The van der Waals surface area contributed by atoms with Crippen LogP contribution in [-0.2, 0) is 0 Å².